The highest BCUT2D eigenvalue weighted by atomic mass is 16.5. The van der Waals surface area contributed by atoms with Crippen molar-refractivity contribution in [3.05, 3.63) is 23.8 Å². The summed E-state index contributed by atoms with van der Waals surface area (Å²) in [5.41, 5.74) is 5.56. The minimum atomic E-state index is -1.25. The van der Waals surface area contributed by atoms with Gasteiger partial charge in [0.2, 0.25) is 0 Å². The molecule has 5 heteroatoms. The highest BCUT2D eigenvalue weighted by Crippen LogP contribution is 2.33. The largest absolute Gasteiger partial charge is 0.490 e. The van der Waals surface area contributed by atoms with Crippen molar-refractivity contribution in [1.82, 2.24) is 0 Å². The van der Waals surface area contributed by atoms with Crippen molar-refractivity contribution in [3.8, 4) is 11.5 Å². The lowest BCUT2D eigenvalue weighted by Crippen LogP contribution is -2.45. The first-order valence-corrected chi connectivity index (χ1v) is 7.23. The molecule has 1 aromatic rings. The maximum absolute atomic E-state index is 11.1. The van der Waals surface area contributed by atoms with Gasteiger partial charge in [0.1, 0.15) is 5.54 Å². The van der Waals surface area contributed by atoms with Crippen LogP contribution in [0.15, 0.2) is 18.2 Å². The quantitative estimate of drug-likeness (QED) is 0.770. The number of hydrogen-bond donors (Lipinski definition) is 2. The summed E-state index contributed by atoms with van der Waals surface area (Å²) in [6.45, 7) is 8.42. The first kappa shape index (κ1) is 17.3. The summed E-state index contributed by atoms with van der Waals surface area (Å²) in [6.07, 6.45) is 0.349. The van der Waals surface area contributed by atoms with Crippen molar-refractivity contribution in [2.75, 3.05) is 13.2 Å². The lowest BCUT2D eigenvalue weighted by Gasteiger charge is -2.24. The van der Waals surface area contributed by atoms with Gasteiger partial charge >= 0.3 is 5.97 Å². The molecule has 0 saturated carbocycles. The average Bonchev–Trinajstić information content (AvgIpc) is 2.40. The molecule has 0 spiro atoms. The molecule has 0 saturated heterocycles. The van der Waals surface area contributed by atoms with Crippen LogP contribution in [0, 0.1) is 0 Å². The molecule has 0 fully saturated rings. The number of ether oxygens (including phenoxy) is 2. The maximum atomic E-state index is 11.1. The average molecular weight is 295 g/mol. The zero-order valence-electron chi connectivity index (χ0n) is 13.2. The van der Waals surface area contributed by atoms with E-state index in [0.29, 0.717) is 31.1 Å². The van der Waals surface area contributed by atoms with Crippen molar-refractivity contribution < 1.29 is 19.4 Å². The highest BCUT2D eigenvalue weighted by Gasteiger charge is 2.30. The Morgan fingerprint density at radius 2 is 1.86 bits per heavy atom. The highest BCUT2D eigenvalue weighted by molar-refractivity contribution is 5.77. The van der Waals surface area contributed by atoms with Crippen LogP contribution >= 0.6 is 0 Å². The fraction of sp³-hybridized carbons (Fsp3) is 0.562. The van der Waals surface area contributed by atoms with E-state index in [1.807, 2.05) is 39.0 Å². The van der Waals surface area contributed by atoms with Crippen molar-refractivity contribution in [2.45, 2.75) is 45.6 Å². The molecule has 0 amide bonds. The first-order valence-electron chi connectivity index (χ1n) is 7.23. The number of rotatable bonds is 8. The lowest BCUT2D eigenvalue weighted by molar-refractivity contribution is -0.143. The van der Waals surface area contributed by atoms with Crippen molar-refractivity contribution in [2.24, 2.45) is 5.73 Å². The summed E-state index contributed by atoms with van der Waals surface area (Å²) in [6, 6.07) is 5.68. The SMILES string of the molecule is CCOc1ccc(C(C)CC(C)(N)C(=O)O)cc1OCC. The van der Waals surface area contributed by atoms with Gasteiger partial charge in [-0.25, -0.2) is 0 Å². The normalized spacial score (nSPS) is 15.1. The second-order valence-corrected chi connectivity index (χ2v) is 5.40. The Balaban J connectivity index is 2.97. The summed E-state index contributed by atoms with van der Waals surface area (Å²) >= 11 is 0. The van der Waals surface area contributed by atoms with E-state index >= 15 is 0 Å². The van der Waals surface area contributed by atoms with E-state index in [-0.39, 0.29) is 5.92 Å². The van der Waals surface area contributed by atoms with Crippen LogP contribution in [-0.2, 0) is 4.79 Å². The molecule has 0 aliphatic carbocycles. The van der Waals surface area contributed by atoms with E-state index in [2.05, 4.69) is 0 Å². The topological polar surface area (TPSA) is 81.8 Å². The minimum absolute atomic E-state index is 0.00554. The molecule has 0 heterocycles. The van der Waals surface area contributed by atoms with Crippen molar-refractivity contribution in [1.29, 1.82) is 0 Å². The number of carboxylic acid groups (broad SMARTS) is 1. The van der Waals surface area contributed by atoms with E-state index in [9.17, 15) is 4.79 Å². The third kappa shape index (κ3) is 4.63. The summed E-state index contributed by atoms with van der Waals surface area (Å²) in [5, 5.41) is 9.12. The molecule has 5 nitrogen and oxygen atoms in total. The number of carbonyl (C=O) groups is 1. The third-order valence-corrected chi connectivity index (χ3v) is 3.36. The molecule has 0 radical (unpaired) electrons. The van der Waals surface area contributed by atoms with Gasteiger partial charge in [0.15, 0.2) is 11.5 Å². The molecule has 2 unspecified atom stereocenters. The zero-order chi connectivity index (χ0) is 16.0. The fourth-order valence-electron chi connectivity index (χ4n) is 2.22. The van der Waals surface area contributed by atoms with Crippen LogP contribution in [0.25, 0.3) is 0 Å². The Bertz CT molecular complexity index is 485. The van der Waals surface area contributed by atoms with Gasteiger partial charge in [0.05, 0.1) is 13.2 Å². The summed E-state index contributed by atoms with van der Waals surface area (Å²) in [4.78, 5) is 11.1. The van der Waals surface area contributed by atoms with Crippen LogP contribution in [0.2, 0.25) is 0 Å². The van der Waals surface area contributed by atoms with Gasteiger partial charge in [-0.2, -0.15) is 0 Å². The van der Waals surface area contributed by atoms with Gasteiger partial charge < -0.3 is 20.3 Å². The summed E-state index contributed by atoms with van der Waals surface area (Å²) in [7, 11) is 0. The molecule has 21 heavy (non-hydrogen) atoms. The molecular weight excluding hydrogens is 270 g/mol. The van der Waals surface area contributed by atoms with E-state index in [1.165, 1.54) is 6.92 Å². The van der Waals surface area contributed by atoms with Gasteiger partial charge in [-0.3, -0.25) is 4.79 Å². The smallest absolute Gasteiger partial charge is 0.323 e. The molecule has 2 atom stereocenters. The Labute approximate surface area is 126 Å². The fourth-order valence-corrected chi connectivity index (χ4v) is 2.22. The molecule has 0 bridgehead atoms. The van der Waals surface area contributed by atoms with E-state index < -0.39 is 11.5 Å². The van der Waals surface area contributed by atoms with Crippen LogP contribution in [0.5, 0.6) is 11.5 Å². The number of carboxylic acids is 1. The first-order chi connectivity index (χ1) is 9.81. The second-order valence-electron chi connectivity index (χ2n) is 5.40. The number of benzene rings is 1. The molecule has 118 valence electrons. The lowest BCUT2D eigenvalue weighted by atomic mass is 9.86. The number of nitrogens with two attached hydrogens (primary N) is 1. The second kappa shape index (κ2) is 7.31. The predicted molar refractivity (Wildman–Crippen MR) is 82.0 cm³/mol. The molecular formula is C16H25NO4. The Hall–Kier alpha value is -1.75. The van der Waals surface area contributed by atoms with Crippen LogP contribution in [0.4, 0.5) is 0 Å². The molecule has 0 aliphatic heterocycles. The van der Waals surface area contributed by atoms with Crippen LogP contribution in [-0.4, -0.2) is 29.8 Å². The van der Waals surface area contributed by atoms with Crippen molar-refractivity contribution in [3.63, 3.8) is 0 Å². The predicted octanol–water partition coefficient (Wildman–Crippen LogP) is 2.78. The van der Waals surface area contributed by atoms with Gasteiger partial charge in [0, 0.05) is 0 Å². The Kier molecular flexibility index (Phi) is 6.03. The van der Waals surface area contributed by atoms with Gasteiger partial charge in [-0.15, -0.1) is 0 Å². The van der Waals surface area contributed by atoms with Gasteiger partial charge in [0.25, 0.3) is 0 Å². The van der Waals surface area contributed by atoms with Crippen molar-refractivity contribution >= 4 is 5.97 Å². The van der Waals surface area contributed by atoms with E-state index in [1.54, 1.807) is 0 Å². The van der Waals surface area contributed by atoms with Gasteiger partial charge in [-0.05, 0) is 50.8 Å². The summed E-state index contributed by atoms with van der Waals surface area (Å²) < 4.78 is 11.1. The molecule has 0 aliphatic rings. The molecule has 0 aromatic heterocycles. The zero-order valence-corrected chi connectivity index (χ0v) is 13.2. The Morgan fingerprint density at radius 3 is 2.38 bits per heavy atom. The van der Waals surface area contributed by atoms with E-state index in [0.717, 1.165) is 5.56 Å². The minimum Gasteiger partial charge on any atom is -0.490 e. The van der Waals surface area contributed by atoms with Crippen LogP contribution in [0.3, 0.4) is 0 Å². The van der Waals surface area contributed by atoms with Gasteiger partial charge in [-0.1, -0.05) is 13.0 Å². The third-order valence-electron chi connectivity index (χ3n) is 3.36. The van der Waals surface area contributed by atoms with Crippen LogP contribution in [0.1, 0.15) is 45.6 Å². The monoisotopic (exact) mass is 295 g/mol. The molecule has 3 N–H and O–H groups in total. The molecule has 1 aromatic carbocycles. The standard InChI is InChI=1S/C16H25NO4/c1-5-20-13-8-7-12(9-14(13)21-6-2)11(3)10-16(4,17)15(18)19/h7-9,11H,5-6,10,17H2,1-4H3,(H,18,19). The summed E-state index contributed by atoms with van der Waals surface area (Å²) in [5.74, 6) is 0.387. The molecule has 1 rings (SSSR count). The maximum Gasteiger partial charge on any atom is 0.323 e. The van der Waals surface area contributed by atoms with Crippen LogP contribution < -0.4 is 15.2 Å². The number of aliphatic carboxylic acids is 1. The number of hydrogen-bond acceptors (Lipinski definition) is 4. The Morgan fingerprint density at radius 1 is 1.29 bits per heavy atom. The van der Waals surface area contributed by atoms with E-state index in [4.69, 9.17) is 20.3 Å².